The van der Waals surface area contributed by atoms with Gasteiger partial charge in [-0.2, -0.15) is 0 Å². The third-order valence-electron chi connectivity index (χ3n) is 5.01. The Morgan fingerprint density at radius 1 is 1.07 bits per heavy atom. The summed E-state index contributed by atoms with van der Waals surface area (Å²) in [5, 5.41) is 18.7. The number of Topliss-reactive ketones (excluding diaryl/α,β-unsaturated/α-hetero) is 1. The van der Waals surface area contributed by atoms with Crippen molar-refractivity contribution in [3.05, 3.63) is 47.5 Å². The lowest BCUT2D eigenvalue weighted by atomic mass is 9.88. The predicted molar refractivity (Wildman–Crippen MR) is 97.8 cm³/mol. The number of carboxylic acid groups (broad SMARTS) is 1. The molecule has 0 aliphatic heterocycles. The van der Waals surface area contributed by atoms with Crippen molar-refractivity contribution >= 4 is 17.5 Å². The lowest BCUT2D eigenvalue weighted by Crippen LogP contribution is -2.19. The van der Waals surface area contributed by atoms with Crippen molar-refractivity contribution in [2.24, 2.45) is 11.8 Å². The maximum Gasteiger partial charge on any atom is 0.303 e. The van der Waals surface area contributed by atoms with Crippen LogP contribution in [0.25, 0.3) is 0 Å². The van der Waals surface area contributed by atoms with Gasteiger partial charge in [-0.05, 0) is 31.1 Å². The lowest BCUT2D eigenvalue weighted by molar-refractivity contribution is -0.137. The molecule has 0 saturated heterocycles. The van der Waals surface area contributed by atoms with E-state index in [9.17, 15) is 28.3 Å². The number of ketones is 2. The monoisotopic (exact) mass is 394 g/mol. The van der Waals surface area contributed by atoms with Crippen LogP contribution in [0.3, 0.4) is 0 Å². The number of benzene rings is 1. The van der Waals surface area contributed by atoms with Crippen LogP contribution in [0.5, 0.6) is 0 Å². The van der Waals surface area contributed by atoms with E-state index < -0.39 is 41.3 Å². The van der Waals surface area contributed by atoms with Crippen molar-refractivity contribution in [3.63, 3.8) is 0 Å². The molecule has 0 heterocycles. The number of rotatable bonds is 10. The van der Waals surface area contributed by atoms with Gasteiger partial charge in [0.05, 0.1) is 6.10 Å². The van der Waals surface area contributed by atoms with E-state index >= 15 is 0 Å². The molecule has 2 N–H and O–H groups in total. The number of aliphatic carboxylic acids is 1. The smallest absolute Gasteiger partial charge is 0.303 e. The Balaban J connectivity index is 1.93. The van der Waals surface area contributed by atoms with Crippen LogP contribution in [0, 0.1) is 23.5 Å². The summed E-state index contributed by atoms with van der Waals surface area (Å²) in [5.74, 6) is -4.14. The molecule has 3 atom stereocenters. The molecule has 2 rings (SSSR count). The first-order valence-corrected chi connectivity index (χ1v) is 9.39. The standard InChI is InChI=1S/C21H24F2O5/c22-14-9-13(10-15(23)11-14)18(24)8-7-17-16(19(25)12-20(17)26)5-3-1-2-4-6-21(27)28/h7-11,16-17,20,26H,1-6,12H2,(H,27,28). The normalized spacial score (nSPS) is 22.1. The van der Waals surface area contributed by atoms with Gasteiger partial charge in [0.25, 0.3) is 0 Å². The molecule has 0 amide bonds. The van der Waals surface area contributed by atoms with Gasteiger partial charge in [0, 0.05) is 36.3 Å². The fourth-order valence-corrected chi connectivity index (χ4v) is 3.58. The van der Waals surface area contributed by atoms with Gasteiger partial charge in [0.15, 0.2) is 5.78 Å². The highest BCUT2D eigenvalue weighted by Crippen LogP contribution is 2.34. The van der Waals surface area contributed by atoms with Gasteiger partial charge in [-0.1, -0.05) is 25.3 Å². The largest absolute Gasteiger partial charge is 0.481 e. The van der Waals surface area contributed by atoms with Crippen molar-refractivity contribution in [1.29, 1.82) is 0 Å². The minimum absolute atomic E-state index is 0.0153. The molecule has 7 heteroatoms. The van der Waals surface area contributed by atoms with Crippen LogP contribution in [0.4, 0.5) is 8.78 Å². The Hall–Kier alpha value is -2.41. The van der Waals surface area contributed by atoms with E-state index in [-0.39, 0.29) is 24.2 Å². The highest BCUT2D eigenvalue weighted by atomic mass is 19.1. The Morgan fingerprint density at radius 2 is 1.71 bits per heavy atom. The summed E-state index contributed by atoms with van der Waals surface area (Å²) in [6.07, 6.45) is 5.23. The molecular formula is C21H24F2O5. The fourth-order valence-electron chi connectivity index (χ4n) is 3.58. The number of aliphatic hydroxyl groups excluding tert-OH is 1. The van der Waals surface area contributed by atoms with Crippen LogP contribution in [-0.4, -0.2) is 33.9 Å². The van der Waals surface area contributed by atoms with Crippen molar-refractivity contribution in [3.8, 4) is 0 Å². The van der Waals surface area contributed by atoms with Crippen LogP contribution in [0.1, 0.15) is 55.3 Å². The molecule has 28 heavy (non-hydrogen) atoms. The number of aliphatic hydroxyl groups is 1. The summed E-state index contributed by atoms with van der Waals surface area (Å²) in [5.41, 5.74) is -0.137. The number of halogens is 2. The summed E-state index contributed by atoms with van der Waals surface area (Å²) < 4.78 is 26.5. The molecule has 1 fully saturated rings. The quantitative estimate of drug-likeness (QED) is 0.359. The van der Waals surface area contributed by atoms with E-state index in [0.717, 1.165) is 37.5 Å². The molecule has 0 spiro atoms. The molecule has 0 radical (unpaired) electrons. The summed E-state index contributed by atoms with van der Waals surface area (Å²) in [4.78, 5) is 34.8. The number of unbranched alkanes of at least 4 members (excludes halogenated alkanes) is 3. The van der Waals surface area contributed by atoms with Crippen LogP contribution in [0.2, 0.25) is 0 Å². The average molecular weight is 394 g/mol. The topological polar surface area (TPSA) is 91.7 Å². The van der Waals surface area contributed by atoms with E-state index in [1.54, 1.807) is 0 Å². The Kier molecular flexibility index (Phi) is 7.99. The third-order valence-corrected chi connectivity index (χ3v) is 5.01. The Labute approximate surface area is 162 Å². The molecule has 1 aliphatic rings. The number of carbonyl (C=O) groups excluding carboxylic acids is 2. The van der Waals surface area contributed by atoms with Crippen LogP contribution >= 0.6 is 0 Å². The van der Waals surface area contributed by atoms with Gasteiger partial charge < -0.3 is 10.2 Å². The second-order valence-electron chi connectivity index (χ2n) is 7.15. The highest BCUT2D eigenvalue weighted by Gasteiger charge is 2.39. The van der Waals surface area contributed by atoms with Gasteiger partial charge in [0.1, 0.15) is 17.4 Å². The van der Waals surface area contributed by atoms with Crippen LogP contribution in [0.15, 0.2) is 30.4 Å². The zero-order valence-corrected chi connectivity index (χ0v) is 15.4. The van der Waals surface area contributed by atoms with E-state index in [1.807, 2.05) is 0 Å². The maximum atomic E-state index is 13.2. The second kappa shape index (κ2) is 10.2. The van der Waals surface area contributed by atoms with Crippen LogP contribution < -0.4 is 0 Å². The lowest BCUT2D eigenvalue weighted by Gasteiger charge is -2.17. The molecule has 152 valence electrons. The number of hydrogen-bond donors (Lipinski definition) is 2. The summed E-state index contributed by atoms with van der Waals surface area (Å²) in [7, 11) is 0. The van der Waals surface area contributed by atoms with E-state index in [1.165, 1.54) is 6.08 Å². The van der Waals surface area contributed by atoms with Gasteiger partial charge in [-0.15, -0.1) is 0 Å². The summed E-state index contributed by atoms with van der Waals surface area (Å²) >= 11 is 0. The van der Waals surface area contributed by atoms with Gasteiger partial charge >= 0.3 is 5.97 Å². The third kappa shape index (κ3) is 6.34. The van der Waals surface area contributed by atoms with Gasteiger partial charge in [-0.25, -0.2) is 8.78 Å². The highest BCUT2D eigenvalue weighted by molar-refractivity contribution is 6.04. The molecular weight excluding hydrogens is 370 g/mol. The first kappa shape index (κ1) is 21.9. The average Bonchev–Trinajstić information content (AvgIpc) is 2.87. The molecule has 0 aromatic heterocycles. The first-order chi connectivity index (χ1) is 13.3. The van der Waals surface area contributed by atoms with E-state index in [2.05, 4.69) is 0 Å². The SMILES string of the molecule is O=C(O)CCCCCCC1C(=O)CC(O)C1C=CC(=O)c1cc(F)cc(F)c1. The minimum Gasteiger partial charge on any atom is -0.481 e. The second-order valence-corrected chi connectivity index (χ2v) is 7.15. The fraction of sp³-hybridized carbons (Fsp3) is 0.476. The Morgan fingerprint density at radius 3 is 2.36 bits per heavy atom. The number of carbonyl (C=O) groups is 3. The molecule has 0 bridgehead atoms. The molecule has 1 aromatic rings. The maximum absolute atomic E-state index is 13.2. The van der Waals surface area contributed by atoms with E-state index in [0.29, 0.717) is 18.9 Å². The number of carboxylic acids is 1. The molecule has 1 aromatic carbocycles. The number of allylic oxidation sites excluding steroid dienone is 1. The summed E-state index contributed by atoms with van der Waals surface area (Å²) in [6.45, 7) is 0. The molecule has 1 aliphatic carbocycles. The van der Waals surface area contributed by atoms with Crippen LogP contribution in [-0.2, 0) is 9.59 Å². The van der Waals surface area contributed by atoms with Crippen molar-refractivity contribution in [2.75, 3.05) is 0 Å². The van der Waals surface area contributed by atoms with Crippen molar-refractivity contribution in [1.82, 2.24) is 0 Å². The molecule has 5 nitrogen and oxygen atoms in total. The zero-order chi connectivity index (χ0) is 20.7. The van der Waals surface area contributed by atoms with Gasteiger partial charge in [0.2, 0.25) is 0 Å². The van der Waals surface area contributed by atoms with E-state index in [4.69, 9.17) is 5.11 Å². The number of hydrogen-bond acceptors (Lipinski definition) is 4. The minimum atomic E-state index is -0.891. The van der Waals surface area contributed by atoms with Gasteiger partial charge in [-0.3, -0.25) is 14.4 Å². The summed E-state index contributed by atoms with van der Waals surface area (Å²) in [6, 6.07) is 2.54. The van der Waals surface area contributed by atoms with Crippen molar-refractivity contribution < 1.29 is 33.4 Å². The van der Waals surface area contributed by atoms with Crippen molar-refractivity contribution in [2.45, 2.75) is 51.0 Å². The molecule has 3 unspecified atom stereocenters. The zero-order valence-electron chi connectivity index (χ0n) is 15.4. The Bertz CT molecular complexity index is 739. The predicted octanol–water partition coefficient (Wildman–Crippen LogP) is 3.70. The molecule has 1 saturated carbocycles. The first-order valence-electron chi connectivity index (χ1n) is 9.39.